The normalized spacial score (nSPS) is 21.5. The lowest BCUT2D eigenvalue weighted by Gasteiger charge is -2.35. The van der Waals surface area contributed by atoms with Crippen LogP contribution in [0, 0.1) is 12.8 Å². The lowest BCUT2D eigenvalue weighted by atomic mass is 9.85. The summed E-state index contributed by atoms with van der Waals surface area (Å²) >= 11 is 0. The van der Waals surface area contributed by atoms with E-state index in [4.69, 9.17) is 0 Å². The minimum Gasteiger partial charge on any atom is -0.346 e. The summed E-state index contributed by atoms with van der Waals surface area (Å²) in [4.78, 5) is 23.4. The minimum absolute atomic E-state index is 0.245. The van der Waals surface area contributed by atoms with Gasteiger partial charge in [0.25, 0.3) is 0 Å². The van der Waals surface area contributed by atoms with Crippen molar-refractivity contribution in [1.29, 1.82) is 0 Å². The topological polar surface area (TPSA) is 61.0 Å². The van der Waals surface area contributed by atoms with Crippen LogP contribution in [0.5, 0.6) is 0 Å². The smallest absolute Gasteiger partial charge is 0.225 e. The Bertz CT molecular complexity index is 1180. The van der Waals surface area contributed by atoms with E-state index in [-0.39, 0.29) is 5.92 Å². The standard InChI is InChI=1S/C28H34N4O/c1-18-15-30-27-23(18)14-22(16-31-27)21-12-20-9-11-32(28(33)19-6-3-2-4-7-19)17-25(20)24(13-21)26-8-5-10-29-26/h12-16,19,26,29H,2-11,17H2,1H3,(H,30,31). The van der Waals surface area contributed by atoms with Gasteiger partial charge < -0.3 is 15.2 Å². The molecule has 3 aromatic rings. The quantitative estimate of drug-likeness (QED) is 0.569. The molecule has 33 heavy (non-hydrogen) atoms. The molecule has 0 bridgehead atoms. The van der Waals surface area contributed by atoms with Crippen LogP contribution in [0.3, 0.4) is 0 Å². The van der Waals surface area contributed by atoms with E-state index in [1.54, 1.807) is 0 Å². The highest BCUT2D eigenvalue weighted by atomic mass is 16.2. The van der Waals surface area contributed by atoms with E-state index in [1.807, 2.05) is 12.4 Å². The van der Waals surface area contributed by atoms with Crippen molar-refractivity contribution in [2.24, 2.45) is 5.92 Å². The maximum absolute atomic E-state index is 13.3. The molecule has 1 saturated heterocycles. The molecule has 2 aliphatic heterocycles. The zero-order chi connectivity index (χ0) is 22.4. The molecule has 2 aromatic heterocycles. The van der Waals surface area contributed by atoms with Gasteiger partial charge in [-0.3, -0.25) is 4.79 Å². The summed E-state index contributed by atoms with van der Waals surface area (Å²) in [6.45, 7) is 4.82. The third-order valence-electron chi connectivity index (χ3n) is 8.15. The van der Waals surface area contributed by atoms with Gasteiger partial charge >= 0.3 is 0 Å². The number of fused-ring (bicyclic) bond motifs is 2. The number of carbonyl (C=O) groups excluding carboxylic acids is 1. The summed E-state index contributed by atoms with van der Waals surface area (Å²) in [6.07, 6.45) is 13.2. The molecule has 4 heterocycles. The number of aromatic amines is 1. The Morgan fingerprint density at radius 2 is 1.94 bits per heavy atom. The van der Waals surface area contributed by atoms with E-state index in [0.717, 1.165) is 44.5 Å². The number of carbonyl (C=O) groups is 1. The summed E-state index contributed by atoms with van der Waals surface area (Å²) in [5.74, 6) is 0.641. The molecule has 1 amide bonds. The van der Waals surface area contributed by atoms with E-state index in [2.05, 4.69) is 45.3 Å². The maximum atomic E-state index is 13.3. The number of benzene rings is 1. The van der Waals surface area contributed by atoms with Gasteiger partial charge in [0.15, 0.2) is 0 Å². The van der Waals surface area contributed by atoms with Crippen LogP contribution >= 0.6 is 0 Å². The van der Waals surface area contributed by atoms with E-state index in [9.17, 15) is 4.79 Å². The van der Waals surface area contributed by atoms with Crippen molar-refractivity contribution in [1.82, 2.24) is 20.2 Å². The number of hydrogen-bond acceptors (Lipinski definition) is 3. The van der Waals surface area contributed by atoms with E-state index >= 15 is 0 Å². The minimum atomic E-state index is 0.245. The lowest BCUT2D eigenvalue weighted by Crippen LogP contribution is -2.41. The molecule has 5 nitrogen and oxygen atoms in total. The van der Waals surface area contributed by atoms with Crippen LogP contribution in [0.4, 0.5) is 0 Å². The fourth-order valence-electron chi connectivity index (χ4n) is 6.21. The van der Waals surface area contributed by atoms with Gasteiger partial charge in [-0.05, 0) is 85.5 Å². The van der Waals surface area contributed by atoms with Gasteiger partial charge in [0, 0.05) is 48.4 Å². The molecular weight excluding hydrogens is 408 g/mol. The second kappa shape index (κ2) is 8.60. The summed E-state index contributed by atoms with van der Waals surface area (Å²) in [5.41, 5.74) is 8.80. The molecule has 172 valence electrons. The number of hydrogen-bond donors (Lipinski definition) is 2. The number of nitrogens with zero attached hydrogens (tertiary/aromatic N) is 2. The number of aromatic nitrogens is 2. The molecule has 1 aliphatic carbocycles. The molecule has 1 atom stereocenters. The van der Waals surface area contributed by atoms with Crippen LogP contribution in [0.2, 0.25) is 0 Å². The largest absolute Gasteiger partial charge is 0.346 e. The van der Waals surface area contributed by atoms with Crippen molar-refractivity contribution in [2.45, 2.75) is 70.9 Å². The van der Waals surface area contributed by atoms with Gasteiger partial charge in [-0.15, -0.1) is 0 Å². The number of H-pyrrole nitrogens is 1. The Morgan fingerprint density at radius 3 is 2.76 bits per heavy atom. The van der Waals surface area contributed by atoms with Gasteiger partial charge in [0.2, 0.25) is 5.91 Å². The first-order valence-corrected chi connectivity index (χ1v) is 12.8. The highest BCUT2D eigenvalue weighted by Crippen LogP contribution is 2.37. The summed E-state index contributed by atoms with van der Waals surface area (Å²) in [5, 5.41) is 4.91. The van der Waals surface area contributed by atoms with Crippen molar-refractivity contribution in [2.75, 3.05) is 13.1 Å². The van der Waals surface area contributed by atoms with Gasteiger partial charge in [0.1, 0.15) is 5.65 Å². The Morgan fingerprint density at radius 1 is 1.06 bits per heavy atom. The molecule has 3 aliphatic rings. The van der Waals surface area contributed by atoms with Crippen LogP contribution in [-0.4, -0.2) is 33.9 Å². The summed E-state index contributed by atoms with van der Waals surface area (Å²) in [6, 6.07) is 7.39. The Kier molecular flexibility index (Phi) is 5.45. The Labute approximate surface area is 196 Å². The molecule has 0 radical (unpaired) electrons. The average Bonchev–Trinajstić information content (AvgIpc) is 3.53. The Balaban J connectivity index is 1.37. The van der Waals surface area contributed by atoms with Gasteiger partial charge in [-0.1, -0.05) is 25.3 Å². The first-order chi connectivity index (χ1) is 16.2. The predicted molar refractivity (Wildman–Crippen MR) is 132 cm³/mol. The van der Waals surface area contributed by atoms with Crippen LogP contribution in [-0.2, 0) is 17.8 Å². The first kappa shape index (κ1) is 20.9. The molecule has 1 unspecified atom stereocenters. The van der Waals surface area contributed by atoms with Crippen molar-refractivity contribution < 1.29 is 4.79 Å². The zero-order valence-corrected chi connectivity index (χ0v) is 19.6. The van der Waals surface area contributed by atoms with Crippen LogP contribution in [0.25, 0.3) is 22.2 Å². The zero-order valence-electron chi connectivity index (χ0n) is 19.6. The number of rotatable bonds is 3. The second-order valence-corrected chi connectivity index (χ2v) is 10.3. The highest BCUT2D eigenvalue weighted by Gasteiger charge is 2.31. The van der Waals surface area contributed by atoms with E-state index in [0.29, 0.717) is 11.9 Å². The third kappa shape index (κ3) is 3.86. The fourth-order valence-corrected chi connectivity index (χ4v) is 6.21. The van der Waals surface area contributed by atoms with Crippen LogP contribution in [0.15, 0.2) is 30.6 Å². The molecule has 1 saturated carbocycles. The van der Waals surface area contributed by atoms with Crippen LogP contribution < -0.4 is 5.32 Å². The van der Waals surface area contributed by atoms with Crippen molar-refractivity contribution in [3.63, 3.8) is 0 Å². The molecule has 2 fully saturated rings. The summed E-state index contributed by atoms with van der Waals surface area (Å²) < 4.78 is 0. The van der Waals surface area contributed by atoms with Crippen LogP contribution in [0.1, 0.15) is 73.2 Å². The summed E-state index contributed by atoms with van der Waals surface area (Å²) in [7, 11) is 0. The molecule has 5 heteroatoms. The lowest BCUT2D eigenvalue weighted by molar-refractivity contribution is -0.137. The second-order valence-electron chi connectivity index (χ2n) is 10.3. The maximum Gasteiger partial charge on any atom is 0.225 e. The molecule has 1 aromatic carbocycles. The molecular formula is C28H34N4O. The Hall–Kier alpha value is -2.66. The van der Waals surface area contributed by atoms with Crippen molar-refractivity contribution in [3.05, 3.63) is 52.8 Å². The SMILES string of the molecule is Cc1c[nH]c2ncc(-c3cc4c(c(C5CCCN5)c3)CN(C(=O)C3CCCCC3)CC4)cc12. The van der Waals surface area contributed by atoms with E-state index in [1.165, 1.54) is 70.9 Å². The molecule has 2 N–H and O–H groups in total. The van der Waals surface area contributed by atoms with Crippen molar-refractivity contribution >= 4 is 16.9 Å². The van der Waals surface area contributed by atoms with Gasteiger partial charge in [-0.25, -0.2) is 4.98 Å². The fraction of sp³-hybridized carbons (Fsp3) is 0.500. The van der Waals surface area contributed by atoms with E-state index < -0.39 is 0 Å². The first-order valence-electron chi connectivity index (χ1n) is 12.8. The number of amides is 1. The average molecular weight is 443 g/mol. The number of nitrogens with one attached hydrogen (secondary N) is 2. The highest BCUT2D eigenvalue weighted by molar-refractivity contribution is 5.85. The van der Waals surface area contributed by atoms with Gasteiger partial charge in [-0.2, -0.15) is 0 Å². The molecule has 0 spiro atoms. The predicted octanol–water partition coefficient (Wildman–Crippen LogP) is 5.43. The number of aryl methyl sites for hydroxylation is 1. The number of pyridine rings is 1. The third-order valence-corrected chi connectivity index (χ3v) is 8.15. The molecule has 6 rings (SSSR count). The van der Waals surface area contributed by atoms with Gasteiger partial charge in [0.05, 0.1) is 0 Å². The monoisotopic (exact) mass is 442 g/mol. The van der Waals surface area contributed by atoms with Crippen molar-refractivity contribution in [3.8, 4) is 11.1 Å².